The van der Waals surface area contributed by atoms with Gasteiger partial charge in [0.2, 0.25) is 0 Å². The molecule has 2 fully saturated rings. The molecule has 2 saturated carbocycles. The first-order valence-corrected chi connectivity index (χ1v) is 7.61. The van der Waals surface area contributed by atoms with E-state index in [1.807, 2.05) is 0 Å². The van der Waals surface area contributed by atoms with Gasteiger partial charge in [0.15, 0.2) is 0 Å². The number of carboxylic acid groups (broad SMARTS) is 1. The molecule has 3 nitrogen and oxygen atoms in total. The van der Waals surface area contributed by atoms with E-state index in [4.69, 9.17) is 5.11 Å². The van der Waals surface area contributed by atoms with E-state index in [2.05, 4.69) is 23.2 Å². The first kappa shape index (κ1) is 11.4. The third-order valence-electron chi connectivity index (χ3n) is 4.29. The minimum atomic E-state index is -0.694. The van der Waals surface area contributed by atoms with Gasteiger partial charge >= 0.3 is 5.97 Å². The van der Waals surface area contributed by atoms with Gasteiger partial charge in [-0.25, -0.2) is 4.98 Å². The van der Waals surface area contributed by atoms with E-state index < -0.39 is 5.97 Å². The summed E-state index contributed by atoms with van der Waals surface area (Å²) in [6.45, 7) is 0. The van der Waals surface area contributed by atoms with E-state index in [0.29, 0.717) is 5.92 Å². The summed E-state index contributed by atoms with van der Waals surface area (Å²) < 4.78 is 1.22. The van der Waals surface area contributed by atoms with Crippen molar-refractivity contribution in [2.75, 3.05) is 0 Å². The van der Waals surface area contributed by atoms with Crippen LogP contribution in [-0.2, 0) is 10.2 Å². The molecular weight excluding hydrogens is 258 g/mol. The predicted octanol–water partition coefficient (Wildman–Crippen LogP) is 3.68. The minimum absolute atomic E-state index is 0.0935. The van der Waals surface area contributed by atoms with Crippen molar-refractivity contribution in [2.24, 2.45) is 0 Å². The van der Waals surface area contributed by atoms with Crippen LogP contribution in [0.3, 0.4) is 0 Å². The zero-order valence-corrected chi connectivity index (χ0v) is 11.4. The van der Waals surface area contributed by atoms with Gasteiger partial charge in [-0.05, 0) is 43.4 Å². The second-order valence-corrected chi connectivity index (χ2v) is 6.92. The van der Waals surface area contributed by atoms with Crippen LogP contribution in [0.2, 0.25) is 0 Å². The summed E-state index contributed by atoms with van der Waals surface area (Å²) in [6.07, 6.45) is 4.80. The molecule has 0 radical (unpaired) electrons. The van der Waals surface area contributed by atoms with Crippen LogP contribution >= 0.6 is 11.3 Å². The standard InChI is InChI=1S/C15H15NO2S/c17-13(18)8-15(5-6-15)10-3-4-11-12(7-10)19-14(16-11)9-1-2-9/h3-4,7,9H,1-2,5-6,8H2,(H,17,18). The predicted molar refractivity (Wildman–Crippen MR) is 74.8 cm³/mol. The van der Waals surface area contributed by atoms with Crippen molar-refractivity contribution in [3.63, 3.8) is 0 Å². The Morgan fingerprint density at radius 1 is 1.42 bits per heavy atom. The second kappa shape index (κ2) is 3.79. The number of rotatable bonds is 4. The van der Waals surface area contributed by atoms with E-state index in [-0.39, 0.29) is 11.8 Å². The first-order valence-electron chi connectivity index (χ1n) is 6.79. The van der Waals surface area contributed by atoms with Gasteiger partial charge in [0.1, 0.15) is 0 Å². The summed E-state index contributed by atoms with van der Waals surface area (Å²) in [7, 11) is 0. The Morgan fingerprint density at radius 2 is 2.21 bits per heavy atom. The summed E-state index contributed by atoms with van der Waals surface area (Å²) in [5.41, 5.74) is 2.17. The third-order valence-corrected chi connectivity index (χ3v) is 5.47. The van der Waals surface area contributed by atoms with Gasteiger partial charge in [-0.3, -0.25) is 4.79 Å². The molecule has 1 N–H and O–H groups in total. The molecule has 0 atom stereocenters. The Labute approximate surface area is 115 Å². The highest BCUT2D eigenvalue weighted by atomic mass is 32.1. The maximum absolute atomic E-state index is 11.0. The molecule has 1 aromatic carbocycles. The van der Waals surface area contributed by atoms with Gasteiger partial charge in [-0.2, -0.15) is 0 Å². The fourth-order valence-corrected chi connectivity index (χ4v) is 3.96. The van der Waals surface area contributed by atoms with E-state index in [9.17, 15) is 4.79 Å². The Kier molecular flexibility index (Phi) is 2.28. The number of carbonyl (C=O) groups is 1. The van der Waals surface area contributed by atoms with Crippen LogP contribution in [0.5, 0.6) is 0 Å². The topological polar surface area (TPSA) is 50.2 Å². The summed E-state index contributed by atoms with van der Waals surface area (Å²) in [5, 5.41) is 10.3. The number of hydrogen-bond donors (Lipinski definition) is 1. The summed E-state index contributed by atoms with van der Waals surface area (Å²) in [5.74, 6) is -0.00433. The van der Waals surface area contributed by atoms with Crippen LogP contribution in [-0.4, -0.2) is 16.1 Å². The van der Waals surface area contributed by atoms with Crippen molar-refractivity contribution >= 4 is 27.5 Å². The molecule has 0 saturated heterocycles. The average molecular weight is 273 g/mol. The van der Waals surface area contributed by atoms with E-state index in [1.165, 1.54) is 28.1 Å². The van der Waals surface area contributed by atoms with Crippen molar-refractivity contribution in [3.8, 4) is 0 Å². The van der Waals surface area contributed by atoms with E-state index >= 15 is 0 Å². The second-order valence-electron chi connectivity index (χ2n) is 5.86. The molecule has 0 aliphatic heterocycles. The van der Waals surface area contributed by atoms with Crippen LogP contribution in [0.15, 0.2) is 18.2 Å². The number of benzene rings is 1. The summed E-state index contributed by atoms with van der Waals surface area (Å²) in [4.78, 5) is 15.7. The lowest BCUT2D eigenvalue weighted by atomic mass is 9.92. The largest absolute Gasteiger partial charge is 0.481 e. The van der Waals surface area contributed by atoms with Gasteiger partial charge in [0, 0.05) is 11.3 Å². The lowest BCUT2D eigenvalue weighted by Crippen LogP contribution is -2.12. The molecule has 0 spiro atoms. The highest BCUT2D eigenvalue weighted by Gasteiger charge is 2.46. The Balaban J connectivity index is 1.73. The van der Waals surface area contributed by atoms with Crippen molar-refractivity contribution in [3.05, 3.63) is 28.8 Å². The Bertz CT molecular complexity index is 668. The fraction of sp³-hybridized carbons (Fsp3) is 0.467. The first-order chi connectivity index (χ1) is 9.16. The van der Waals surface area contributed by atoms with Gasteiger partial charge in [0.05, 0.1) is 21.6 Å². The fourth-order valence-electron chi connectivity index (χ4n) is 2.79. The minimum Gasteiger partial charge on any atom is -0.481 e. The third kappa shape index (κ3) is 1.94. The van der Waals surface area contributed by atoms with Crippen LogP contribution in [0, 0.1) is 0 Å². The highest BCUT2D eigenvalue weighted by molar-refractivity contribution is 7.18. The van der Waals surface area contributed by atoms with E-state index in [0.717, 1.165) is 18.4 Å². The quantitative estimate of drug-likeness (QED) is 0.924. The van der Waals surface area contributed by atoms with Crippen LogP contribution in [0.1, 0.15) is 48.6 Å². The van der Waals surface area contributed by atoms with E-state index in [1.54, 1.807) is 11.3 Å². The number of thiazole rings is 1. The maximum atomic E-state index is 11.0. The lowest BCUT2D eigenvalue weighted by molar-refractivity contribution is -0.137. The molecule has 1 heterocycles. The van der Waals surface area contributed by atoms with Gasteiger partial charge in [-0.1, -0.05) is 6.07 Å². The number of aliphatic carboxylic acids is 1. The van der Waals surface area contributed by atoms with Crippen LogP contribution in [0.4, 0.5) is 0 Å². The smallest absolute Gasteiger partial charge is 0.304 e. The maximum Gasteiger partial charge on any atom is 0.304 e. The molecule has 2 aliphatic rings. The zero-order valence-electron chi connectivity index (χ0n) is 10.6. The molecule has 1 aromatic heterocycles. The molecule has 98 valence electrons. The molecular formula is C15H15NO2S. The monoisotopic (exact) mass is 273 g/mol. The normalized spacial score (nSPS) is 20.6. The van der Waals surface area contributed by atoms with Gasteiger partial charge < -0.3 is 5.11 Å². The van der Waals surface area contributed by atoms with Crippen molar-refractivity contribution in [2.45, 2.75) is 43.4 Å². The van der Waals surface area contributed by atoms with Gasteiger partial charge in [-0.15, -0.1) is 11.3 Å². The molecule has 0 amide bonds. The molecule has 4 rings (SSSR count). The molecule has 19 heavy (non-hydrogen) atoms. The Hall–Kier alpha value is -1.42. The SMILES string of the molecule is O=C(O)CC1(c2ccc3nc(C4CC4)sc3c2)CC1. The lowest BCUT2D eigenvalue weighted by Gasteiger charge is -2.12. The molecule has 0 bridgehead atoms. The average Bonchev–Trinajstić information content (AvgIpc) is 3.28. The number of aromatic nitrogens is 1. The molecule has 2 aromatic rings. The number of hydrogen-bond acceptors (Lipinski definition) is 3. The highest BCUT2D eigenvalue weighted by Crippen LogP contribution is 2.52. The van der Waals surface area contributed by atoms with Crippen LogP contribution < -0.4 is 0 Å². The molecule has 2 aliphatic carbocycles. The van der Waals surface area contributed by atoms with Gasteiger partial charge in [0.25, 0.3) is 0 Å². The van der Waals surface area contributed by atoms with Crippen molar-refractivity contribution < 1.29 is 9.90 Å². The number of fused-ring (bicyclic) bond motifs is 1. The molecule has 0 unspecified atom stereocenters. The zero-order chi connectivity index (χ0) is 13.0. The number of carboxylic acids is 1. The summed E-state index contributed by atoms with van der Waals surface area (Å²) in [6, 6.07) is 6.32. The number of nitrogens with zero attached hydrogens (tertiary/aromatic N) is 1. The summed E-state index contributed by atoms with van der Waals surface area (Å²) >= 11 is 1.79. The molecule has 4 heteroatoms. The van der Waals surface area contributed by atoms with Crippen LogP contribution in [0.25, 0.3) is 10.2 Å². The Morgan fingerprint density at radius 3 is 2.84 bits per heavy atom. The van der Waals surface area contributed by atoms with Crippen molar-refractivity contribution in [1.82, 2.24) is 4.98 Å². The van der Waals surface area contributed by atoms with Crippen molar-refractivity contribution in [1.29, 1.82) is 0 Å².